The minimum Gasteiger partial charge on any atom is -0.314 e. The average molecular weight is 195 g/mol. The van der Waals surface area contributed by atoms with Gasteiger partial charge in [0.15, 0.2) is 0 Å². The second-order valence-corrected chi connectivity index (χ2v) is 2.67. The van der Waals surface area contributed by atoms with Gasteiger partial charge in [-0.2, -0.15) is 5.06 Å². The molecule has 0 aliphatic rings. The van der Waals surface area contributed by atoms with Gasteiger partial charge in [-0.05, 0) is 0 Å². The van der Waals surface area contributed by atoms with Gasteiger partial charge >= 0.3 is 0 Å². The highest BCUT2D eigenvalue weighted by Gasteiger charge is 1.84. The fourth-order valence-electron chi connectivity index (χ4n) is 0.755. The Morgan fingerprint density at radius 1 is 1.21 bits per heavy atom. The van der Waals surface area contributed by atoms with Crippen LogP contribution in [0.5, 0.6) is 0 Å². The van der Waals surface area contributed by atoms with Gasteiger partial charge in [0.1, 0.15) is 6.29 Å². The molecule has 0 aromatic heterocycles. The van der Waals surface area contributed by atoms with Gasteiger partial charge in [-0.25, -0.2) is 0 Å². The maximum absolute atomic E-state index is 10.0. The lowest BCUT2D eigenvalue weighted by Crippen LogP contribution is -2.16. The van der Waals surface area contributed by atoms with E-state index in [4.69, 9.17) is 5.21 Å². The predicted molar refractivity (Wildman–Crippen MR) is 56.5 cm³/mol. The number of benzene rings is 1. The standard InChI is InChI=1S/C7H6O.C4H11NO/c8-6-7-4-2-1-3-5-7;1-3-5(6)4-2/h1-6H;6H,3-4H2,1-2H3. The first kappa shape index (κ1) is 12.8. The van der Waals surface area contributed by atoms with Crippen molar-refractivity contribution >= 4 is 6.29 Å². The van der Waals surface area contributed by atoms with Crippen LogP contribution in [0, 0.1) is 0 Å². The van der Waals surface area contributed by atoms with Gasteiger partial charge in [0.2, 0.25) is 0 Å². The summed E-state index contributed by atoms with van der Waals surface area (Å²) < 4.78 is 0. The molecular formula is C11H17NO2. The molecule has 0 saturated heterocycles. The highest BCUT2D eigenvalue weighted by Crippen LogP contribution is 1.91. The summed E-state index contributed by atoms with van der Waals surface area (Å²) in [5, 5.41) is 9.75. The largest absolute Gasteiger partial charge is 0.314 e. The van der Waals surface area contributed by atoms with Crippen LogP contribution < -0.4 is 0 Å². The van der Waals surface area contributed by atoms with Crippen molar-refractivity contribution in [1.82, 2.24) is 5.06 Å². The number of hydrogen-bond acceptors (Lipinski definition) is 3. The van der Waals surface area contributed by atoms with Gasteiger partial charge in [0.25, 0.3) is 0 Å². The molecule has 0 aliphatic carbocycles. The number of hydrogen-bond donors (Lipinski definition) is 1. The first-order chi connectivity index (χ1) is 6.74. The van der Waals surface area contributed by atoms with Gasteiger partial charge in [-0.3, -0.25) is 4.79 Å². The normalized spacial score (nSPS) is 9.14. The maximum atomic E-state index is 10.0. The van der Waals surface area contributed by atoms with Crippen molar-refractivity contribution in [2.75, 3.05) is 13.1 Å². The second kappa shape index (κ2) is 8.41. The smallest absolute Gasteiger partial charge is 0.150 e. The van der Waals surface area contributed by atoms with E-state index in [1.54, 1.807) is 12.1 Å². The minimum absolute atomic E-state index is 0.719. The van der Waals surface area contributed by atoms with Crippen molar-refractivity contribution in [2.24, 2.45) is 0 Å². The van der Waals surface area contributed by atoms with Crippen LogP contribution in [-0.4, -0.2) is 29.6 Å². The van der Waals surface area contributed by atoms with Crippen LogP contribution in [-0.2, 0) is 0 Å². The van der Waals surface area contributed by atoms with Gasteiger partial charge in [0, 0.05) is 18.7 Å². The summed E-state index contributed by atoms with van der Waals surface area (Å²) in [6.45, 7) is 5.25. The monoisotopic (exact) mass is 195 g/mol. The molecule has 0 atom stereocenters. The Balaban J connectivity index is 0.000000255. The van der Waals surface area contributed by atoms with Gasteiger partial charge in [-0.15, -0.1) is 0 Å². The molecule has 0 spiro atoms. The highest BCUT2D eigenvalue weighted by atomic mass is 16.5. The van der Waals surface area contributed by atoms with E-state index in [0.717, 1.165) is 24.9 Å². The third-order valence-corrected chi connectivity index (χ3v) is 1.67. The number of carbonyl (C=O) groups excluding carboxylic acids is 1. The Bertz CT molecular complexity index is 232. The second-order valence-electron chi connectivity index (χ2n) is 2.67. The lowest BCUT2D eigenvalue weighted by molar-refractivity contribution is -0.0813. The van der Waals surface area contributed by atoms with E-state index >= 15 is 0 Å². The van der Waals surface area contributed by atoms with E-state index < -0.39 is 0 Å². The lowest BCUT2D eigenvalue weighted by Gasteiger charge is -2.05. The molecule has 1 N–H and O–H groups in total. The van der Waals surface area contributed by atoms with Crippen LogP contribution >= 0.6 is 0 Å². The molecule has 0 amide bonds. The molecule has 14 heavy (non-hydrogen) atoms. The SMILES string of the molecule is CCN(O)CC.O=Cc1ccccc1. The molecule has 1 aromatic rings. The Kier molecular flexibility index (Phi) is 7.70. The molecule has 1 aromatic carbocycles. The number of aldehydes is 1. The Hall–Kier alpha value is -1.19. The average Bonchev–Trinajstić information content (AvgIpc) is 2.30. The van der Waals surface area contributed by atoms with E-state index in [2.05, 4.69) is 0 Å². The fraction of sp³-hybridized carbons (Fsp3) is 0.364. The van der Waals surface area contributed by atoms with Crippen LogP contribution in [0.3, 0.4) is 0 Å². The molecular weight excluding hydrogens is 178 g/mol. The predicted octanol–water partition coefficient (Wildman–Crippen LogP) is 2.22. The van der Waals surface area contributed by atoms with Gasteiger partial charge in [-0.1, -0.05) is 44.2 Å². The zero-order valence-corrected chi connectivity index (χ0v) is 8.68. The maximum Gasteiger partial charge on any atom is 0.150 e. The summed E-state index contributed by atoms with van der Waals surface area (Å²) >= 11 is 0. The van der Waals surface area contributed by atoms with E-state index in [0.29, 0.717) is 0 Å². The first-order valence-corrected chi connectivity index (χ1v) is 4.68. The van der Waals surface area contributed by atoms with Crippen molar-refractivity contribution in [2.45, 2.75) is 13.8 Å². The topological polar surface area (TPSA) is 40.5 Å². The summed E-state index contributed by atoms with van der Waals surface area (Å²) in [4.78, 5) is 10.0. The molecule has 0 saturated carbocycles. The highest BCUT2D eigenvalue weighted by molar-refractivity contribution is 5.74. The number of nitrogens with zero attached hydrogens (tertiary/aromatic N) is 1. The number of carbonyl (C=O) groups is 1. The van der Waals surface area contributed by atoms with Gasteiger partial charge < -0.3 is 5.21 Å². The Labute approximate surface area is 84.9 Å². The molecule has 0 fully saturated rings. The van der Waals surface area contributed by atoms with E-state index in [1.165, 1.54) is 5.06 Å². The quantitative estimate of drug-likeness (QED) is 0.594. The third-order valence-electron chi connectivity index (χ3n) is 1.67. The van der Waals surface area contributed by atoms with E-state index in [9.17, 15) is 4.79 Å². The van der Waals surface area contributed by atoms with Gasteiger partial charge in [0.05, 0.1) is 0 Å². The van der Waals surface area contributed by atoms with Crippen molar-refractivity contribution < 1.29 is 10.0 Å². The molecule has 3 nitrogen and oxygen atoms in total. The van der Waals surface area contributed by atoms with Crippen molar-refractivity contribution in [3.63, 3.8) is 0 Å². The zero-order valence-electron chi connectivity index (χ0n) is 8.68. The molecule has 0 aliphatic heterocycles. The van der Waals surface area contributed by atoms with Crippen molar-refractivity contribution in [3.05, 3.63) is 35.9 Å². The van der Waals surface area contributed by atoms with E-state index in [-0.39, 0.29) is 0 Å². The zero-order chi connectivity index (χ0) is 10.8. The summed E-state index contributed by atoms with van der Waals surface area (Å²) in [7, 11) is 0. The van der Waals surface area contributed by atoms with Crippen LogP contribution in [0.2, 0.25) is 0 Å². The summed E-state index contributed by atoms with van der Waals surface area (Å²) in [6.07, 6.45) is 0.833. The Morgan fingerprint density at radius 3 is 1.93 bits per heavy atom. The third kappa shape index (κ3) is 6.34. The van der Waals surface area contributed by atoms with Crippen LogP contribution in [0.1, 0.15) is 24.2 Å². The lowest BCUT2D eigenvalue weighted by atomic mass is 10.2. The van der Waals surface area contributed by atoms with E-state index in [1.807, 2.05) is 32.0 Å². The van der Waals surface area contributed by atoms with Crippen LogP contribution in [0.4, 0.5) is 0 Å². The summed E-state index contributed by atoms with van der Waals surface area (Å²) in [6, 6.07) is 9.10. The Morgan fingerprint density at radius 2 is 1.71 bits per heavy atom. The molecule has 3 heteroatoms. The first-order valence-electron chi connectivity index (χ1n) is 4.68. The molecule has 0 heterocycles. The molecule has 0 unspecified atom stereocenters. The molecule has 0 bridgehead atoms. The fourth-order valence-corrected chi connectivity index (χ4v) is 0.755. The minimum atomic E-state index is 0.719. The number of rotatable bonds is 3. The molecule has 0 radical (unpaired) electrons. The molecule has 1 rings (SSSR count). The van der Waals surface area contributed by atoms with Crippen molar-refractivity contribution in [1.29, 1.82) is 0 Å². The summed E-state index contributed by atoms with van der Waals surface area (Å²) in [5.74, 6) is 0. The van der Waals surface area contributed by atoms with Crippen LogP contribution in [0.15, 0.2) is 30.3 Å². The van der Waals surface area contributed by atoms with Crippen LogP contribution in [0.25, 0.3) is 0 Å². The molecule has 78 valence electrons. The van der Waals surface area contributed by atoms with Crippen molar-refractivity contribution in [3.8, 4) is 0 Å². The summed E-state index contributed by atoms with van der Waals surface area (Å²) in [5.41, 5.74) is 0.729. The number of hydroxylamine groups is 2.